The van der Waals surface area contributed by atoms with Crippen molar-refractivity contribution in [2.75, 3.05) is 0 Å². The lowest BCUT2D eigenvalue weighted by atomic mass is 9.80. The number of hydrogen-bond acceptors (Lipinski definition) is 12. The van der Waals surface area contributed by atoms with Gasteiger partial charge < -0.3 is 61.3 Å². The summed E-state index contributed by atoms with van der Waals surface area (Å²) in [7, 11) is 0. The first kappa shape index (κ1) is 29.2. The normalized spacial score (nSPS) is 11.3. The van der Waals surface area contributed by atoms with E-state index in [0.29, 0.717) is 11.1 Å². The Morgan fingerprint density at radius 3 is 0.659 bits per heavy atom. The van der Waals surface area contributed by atoms with Crippen molar-refractivity contribution < 1.29 is 61.3 Å². The van der Waals surface area contributed by atoms with Gasteiger partial charge in [-0.2, -0.15) is 0 Å². The van der Waals surface area contributed by atoms with Crippen LogP contribution in [0.1, 0.15) is 45.2 Å². The molecule has 0 saturated carbocycles. The van der Waals surface area contributed by atoms with Crippen LogP contribution < -0.4 is 0 Å². The van der Waals surface area contributed by atoms with Crippen LogP contribution in [0.4, 0.5) is 0 Å². The Hall–Kier alpha value is -6.30. The van der Waals surface area contributed by atoms with Gasteiger partial charge in [-0.25, -0.2) is 0 Å². The lowest BCUT2D eigenvalue weighted by Gasteiger charge is -2.24. The van der Waals surface area contributed by atoms with Crippen LogP contribution in [0.2, 0.25) is 0 Å². The summed E-state index contributed by atoms with van der Waals surface area (Å²) >= 11 is 0. The van der Waals surface area contributed by atoms with Gasteiger partial charge in [0.1, 0.15) is 0 Å². The minimum Gasteiger partial charge on any atom is -0.504 e. The first-order chi connectivity index (χ1) is 20.8. The lowest BCUT2D eigenvalue weighted by Crippen LogP contribution is -2.07. The number of aromatic hydroxyl groups is 12. The second kappa shape index (κ2) is 10.8. The molecule has 0 heterocycles. The van der Waals surface area contributed by atoms with Gasteiger partial charge in [-0.1, -0.05) is 48.5 Å². The molecule has 5 rings (SSSR count). The molecule has 0 aromatic heterocycles. The standard InChI is InChI=1S/C32H26O12/c33-19-9-5-15(25(37)29(19)41)23(16-6-10-20(34)30(42)26(16)38)13-1-2-14(4-3-13)24(17-7-11-21(35)31(43)27(17)39)18-8-12-22(36)32(44)28(18)40/h1-12,23-24,33-44H. The minimum absolute atomic E-state index is 0.00723. The molecule has 0 atom stereocenters. The van der Waals surface area contributed by atoms with Crippen LogP contribution in [0.15, 0.2) is 72.8 Å². The molecule has 5 aromatic carbocycles. The molecule has 0 radical (unpaired) electrons. The fourth-order valence-electron chi connectivity index (χ4n) is 5.20. The van der Waals surface area contributed by atoms with E-state index >= 15 is 0 Å². The number of phenols is 12. The van der Waals surface area contributed by atoms with Crippen molar-refractivity contribution in [3.63, 3.8) is 0 Å². The topological polar surface area (TPSA) is 243 Å². The molecule has 12 heteroatoms. The van der Waals surface area contributed by atoms with E-state index in [2.05, 4.69) is 0 Å². The van der Waals surface area contributed by atoms with Crippen molar-refractivity contribution in [2.24, 2.45) is 0 Å². The highest BCUT2D eigenvalue weighted by molar-refractivity contribution is 5.65. The second-order valence-corrected chi connectivity index (χ2v) is 10.0. The molecule has 44 heavy (non-hydrogen) atoms. The average molecular weight is 603 g/mol. The Bertz CT molecular complexity index is 1650. The molecule has 0 spiro atoms. The Labute approximate surface area is 248 Å². The number of rotatable bonds is 6. The summed E-state index contributed by atoms with van der Waals surface area (Å²) in [5.74, 6) is -10.9. The molecule has 0 amide bonds. The maximum atomic E-state index is 10.7. The molecule has 0 unspecified atom stereocenters. The van der Waals surface area contributed by atoms with Crippen LogP contribution in [0.5, 0.6) is 69.0 Å². The van der Waals surface area contributed by atoms with Gasteiger partial charge in [0, 0.05) is 34.1 Å². The highest BCUT2D eigenvalue weighted by Crippen LogP contribution is 2.52. The Balaban J connectivity index is 1.73. The molecule has 0 fully saturated rings. The molecule has 0 saturated heterocycles. The van der Waals surface area contributed by atoms with Gasteiger partial charge in [0.05, 0.1) is 0 Å². The van der Waals surface area contributed by atoms with E-state index in [1.807, 2.05) is 0 Å². The van der Waals surface area contributed by atoms with E-state index in [9.17, 15) is 61.3 Å². The highest BCUT2D eigenvalue weighted by atomic mass is 16.3. The van der Waals surface area contributed by atoms with Crippen molar-refractivity contribution in [3.05, 3.63) is 106 Å². The first-order valence-corrected chi connectivity index (χ1v) is 12.9. The van der Waals surface area contributed by atoms with Crippen LogP contribution >= 0.6 is 0 Å². The summed E-state index contributed by atoms with van der Waals surface area (Å²) in [6.07, 6.45) is 0. The van der Waals surface area contributed by atoms with Crippen LogP contribution in [-0.2, 0) is 0 Å². The van der Waals surface area contributed by atoms with Crippen molar-refractivity contribution in [1.29, 1.82) is 0 Å². The summed E-state index contributed by atoms with van der Waals surface area (Å²) in [6.45, 7) is 0. The van der Waals surface area contributed by atoms with Gasteiger partial charge in [0.25, 0.3) is 0 Å². The molecule has 0 aliphatic heterocycles. The van der Waals surface area contributed by atoms with Gasteiger partial charge in [0.15, 0.2) is 46.0 Å². The maximum Gasteiger partial charge on any atom is 0.200 e. The average Bonchev–Trinajstić information content (AvgIpc) is 3.01. The number of benzene rings is 5. The molecule has 5 aromatic rings. The highest BCUT2D eigenvalue weighted by Gasteiger charge is 2.30. The van der Waals surface area contributed by atoms with Crippen molar-refractivity contribution in [2.45, 2.75) is 11.8 Å². The minimum atomic E-state index is -1.11. The maximum absolute atomic E-state index is 10.7. The van der Waals surface area contributed by atoms with Gasteiger partial charge in [0.2, 0.25) is 23.0 Å². The SMILES string of the molecule is Oc1ccc(C(c2ccc(C(c3ccc(O)c(O)c3O)c3ccc(O)c(O)c3O)cc2)c2ccc(O)c(O)c2O)c(O)c1O. The fraction of sp³-hybridized carbons (Fsp3) is 0.0625. The molecular formula is C32H26O12. The lowest BCUT2D eigenvalue weighted by molar-refractivity contribution is 0.360. The summed E-state index contributed by atoms with van der Waals surface area (Å²) < 4.78 is 0. The predicted molar refractivity (Wildman–Crippen MR) is 154 cm³/mol. The summed E-state index contributed by atoms with van der Waals surface area (Å²) in [5, 5.41) is 123. The van der Waals surface area contributed by atoms with E-state index in [-0.39, 0.29) is 22.3 Å². The predicted octanol–water partition coefficient (Wildman–Crippen LogP) is 4.51. The molecule has 12 nitrogen and oxygen atoms in total. The summed E-state index contributed by atoms with van der Waals surface area (Å²) in [4.78, 5) is 0. The van der Waals surface area contributed by atoms with E-state index in [4.69, 9.17) is 0 Å². The third kappa shape index (κ3) is 4.69. The largest absolute Gasteiger partial charge is 0.504 e. The van der Waals surface area contributed by atoms with Crippen LogP contribution in [0.3, 0.4) is 0 Å². The Morgan fingerprint density at radius 1 is 0.250 bits per heavy atom. The Morgan fingerprint density at radius 2 is 0.455 bits per heavy atom. The molecule has 12 N–H and O–H groups in total. The van der Waals surface area contributed by atoms with Crippen molar-refractivity contribution in [3.8, 4) is 69.0 Å². The smallest absolute Gasteiger partial charge is 0.200 e. The molecule has 0 bridgehead atoms. The molecular weight excluding hydrogens is 576 g/mol. The van der Waals surface area contributed by atoms with E-state index in [1.54, 1.807) is 0 Å². The second-order valence-electron chi connectivity index (χ2n) is 10.0. The van der Waals surface area contributed by atoms with Gasteiger partial charge in [-0.15, -0.1) is 0 Å². The third-order valence-corrected chi connectivity index (χ3v) is 7.49. The molecule has 0 aliphatic rings. The van der Waals surface area contributed by atoms with Crippen molar-refractivity contribution in [1.82, 2.24) is 0 Å². The zero-order valence-electron chi connectivity index (χ0n) is 22.4. The van der Waals surface area contributed by atoms with Gasteiger partial charge in [-0.3, -0.25) is 0 Å². The fourth-order valence-corrected chi connectivity index (χ4v) is 5.20. The first-order valence-electron chi connectivity index (χ1n) is 12.9. The van der Waals surface area contributed by atoms with Gasteiger partial charge >= 0.3 is 0 Å². The van der Waals surface area contributed by atoms with Crippen LogP contribution in [0, 0.1) is 0 Å². The zero-order chi connectivity index (χ0) is 32.0. The van der Waals surface area contributed by atoms with Crippen molar-refractivity contribution >= 4 is 0 Å². The molecule has 226 valence electrons. The number of hydrogen-bond donors (Lipinski definition) is 12. The Kier molecular flexibility index (Phi) is 7.19. The summed E-state index contributed by atoms with van der Waals surface area (Å²) in [6, 6.07) is 15.6. The van der Waals surface area contributed by atoms with Crippen LogP contribution in [0.25, 0.3) is 0 Å². The van der Waals surface area contributed by atoms with E-state index in [0.717, 1.165) is 24.3 Å². The van der Waals surface area contributed by atoms with E-state index in [1.165, 1.54) is 48.5 Å². The van der Waals surface area contributed by atoms with E-state index < -0.39 is 80.8 Å². The van der Waals surface area contributed by atoms with Crippen LogP contribution in [-0.4, -0.2) is 61.3 Å². The monoisotopic (exact) mass is 602 g/mol. The molecule has 0 aliphatic carbocycles. The zero-order valence-corrected chi connectivity index (χ0v) is 22.4. The summed E-state index contributed by atoms with van der Waals surface area (Å²) in [5.41, 5.74) is 0.645. The quantitative estimate of drug-likeness (QED) is 0.0948. The number of phenolic OH excluding ortho intramolecular Hbond substituents is 12. The van der Waals surface area contributed by atoms with Gasteiger partial charge in [-0.05, 0) is 35.4 Å². The third-order valence-electron chi connectivity index (χ3n) is 7.49.